The molecule has 0 aliphatic rings. The second-order valence-corrected chi connectivity index (χ2v) is 5.76. The van der Waals surface area contributed by atoms with Crippen LogP contribution in [0, 0.1) is 0 Å². The van der Waals surface area contributed by atoms with Gasteiger partial charge in [-0.15, -0.1) is 0 Å². The molecule has 0 bridgehead atoms. The molecular formula is C12H13ClOS. The Kier molecular flexibility index (Phi) is 3.27. The molecular weight excluding hydrogens is 228 g/mol. The average Bonchev–Trinajstić information content (AvgIpc) is 2.56. The van der Waals surface area contributed by atoms with E-state index < -0.39 is 0 Å². The molecule has 0 saturated heterocycles. The fraction of sp³-hybridized carbons (Fsp3) is 0.333. The Bertz CT molecular complexity index is 462. The van der Waals surface area contributed by atoms with Crippen molar-refractivity contribution in [1.29, 1.82) is 0 Å². The molecule has 80 valence electrons. The van der Waals surface area contributed by atoms with Crippen LogP contribution in [0.25, 0.3) is 11.0 Å². The normalized spacial score (nSPS) is 11.5. The molecule has 0 radical (unpaired) electrons. The molecule has 0 saturated carbocycles. The summed E-state index contributed by atoms with van der Waals surface area (Å²) in [6.07, 6.45) is 0. The number of hydrogen-bond donors (Lipinski definition) is 0. The number of halogens is 1. The molecule has 1 nitrogen and oxygen atoms in total. The van der Waals surface area contributed by atoms with Crippen LogP contribution in [-0.4, -0.2) is 5.25 Å². The molecule has 0 atom stereocenters. The maximum atomic E-state index is 5.89. The number of benzene rings is 1. The van der Waals surface area contributed by atoms with Crippen molar-refractivity contribution in [3.63, 3.8) is 0 Å². The number of thioether (sulfide) groups is 1. The zero-order chi connectivity index (χ0) is 10.8. The van der Waals surface area contributed by atoms with Gasteiger partial charge in [0.2, 0.25) is 0 Å². The number of hydrogen-bond acceptors (Lipinski definition) is 2. The van der Waals surface area contributed by atoms with Crippen LogP contribution in [0.5, 0.6) is 0 Å². The lowest BCUT2D eigenvalue weighted by atomic mass is 10.2. The predicted molar refractivity (Wildman–Crippen MR) is 67.7 cm³/mol. The van der Waals surface area contributed by atoms with Gasteiger partial charge in [0.05, 0.1) is 5.75 Å². The highest BCUT2D eigenvalue weighted by atomic mass is 35.5. The summed E-state index contributed by atoms with van der Waals surface area (Å²) in [4.78, 5) is 0. The molecule has 3 heteroatoms. The third kappa shape index (κ3) is 2.70. The molecule has 2 rings (SSSR count). The first kappa shape index (κ1) is 10.9. The van der Waals surface area contributed by atoms with Crippen molar-refractivity contribution >= 4 is 34.3 Å². The Labute approximate surface area is 98.8 Å². The van der Waals surface area contributed by atoms with Crippen molar-refractivity contribution in [2.45, 2.75) is 24.9 Å². The lowest BCUT2D eigenvalue weighted by Crippen LogP contribution is -1.86. The minimum absolute atomic E-state index is 0.627. The molecule has 1 heterocycles. The number of furan rings is 1. The van der Waals surface area contributed by atoms with Crippen LogP contribution >= 0.6 is 23.4 Å². The van der Waals surface area contributed by atoms with E-state index in [2.05, 4.69) is 19.9 Å². The maximum Gasteiger partial charge on any atom is 0.135 e. The molecule has 0 spiro atoms. The quantitative estimate of drug-likeness (QED) is 0.770. The van der Waals surface area contributed by atoms with Crippen molar-refractivity contribution in [2.75, 3.05) is 0 Å². The standard InChI is InChI=1S/C12H13ClOS/c1-8(2)15-7-11-5-9-3-4-10(13)6-12(9)14-11/h3-6,8H,7H2,1-2H3. The third-order valence-electron chi connectivity index (χ3n) is 2.09. The monoisotopic (exact) mass is 240 g/mol. The van der Waals surface area contributed by atoms with Crippen molar-refractivity contribution in [1.82, 2.24) is 0 Å². The molecule has 0 aliphatic carbocycles. The SMILES string of the molecule is CC(C)SCc1cc2ccc(Cl)cc2o1. The van der Waals surface area contributed by atoms with Crippen LogP contribution in [0.2, 0.25) is 5.02 Å². The summed E-state index contributed by atoms with van der Waals surface area (Å²) in [5, 5.41) is 2.47. The molecule has 0 amide bonds. The van der Waals surface area contributed by atoms with Crippen LogP contribution in [0.1, 0.15) is 19.6 Å². The van der Waals surface area contributed by atoms with Gasteiger partial charge in [0, 0.05) is 16.5 Å². The van der Waals surface area contributed by atoms with Gasteiger partial charge >= 0.3 is 0 Å². The first-order chi connectivity index (χ1) is 7.15. The van der Waals surface area contributed by atoms with E-state index in [4.69, 9.17) is 16.0 Å². The second kappa shape index (κ2) is 4.50. The minimum atomic E-state index is 0.627. The van der Waals surface area contributed by atoms with Gasteiger partial charge in [0.1, 0.15) is 11.3 Å². The van der Waals surface area contributed by atoms with E-state index in [0.29, 0.717) is 5.25 Å². The van der Waals surface area contributed by atoms with Gasteiger partial charge in [-0.2, -0.15) is 11.8 Å². The Morgan fingerprint density at radius 3 is 2.87 bits per heavy atom. The van der Waals surface area contributed by atoms with Gasteiger partial charge < -0.3 is 4.42 Å². The fourth-order valence-electron chi connectivity index (χ4n) is 1.38. The summed E-state index contributed by atoms with van der Waals surface area (Å²) in [6, 6.07) is 7.82. The molecule has 0 fully saturated rings. The van der Waals surface area contributed by atoms with E-state index in [0.717, 1.165) is 27.5 Å². The lowest BCUT2D eigenvalue weighted by Gasteiger charge is -2.00. The molecule has 15 heavy (non-hydrogen) atoms. The van der Waals surface area contributed by atoms with Crippen LogP contribution in [-0.2, 0) is 5.75 Å². The molecule has 0 aliphatic heterocycles. The largest absolute Gasteiger partial charge is 0.460 e. The summed E-state index contributed by atoms with van der Waals surface area (Å²) >= 11 is 7.77. The molecule has 1 aromatic carbocycles. The van der Waals surface area contributed by atoms with Crippen molar-refractivity contribution < 1.29 is 4.42 Å². The van der Waals surface area contributed by atoms with E-state index in [1.54, 1.807) is 0 Å². The van der Waals surface area contributed by atoms with E-state index >= 15 is 0 Å². The summed E-state index contributed by atoms with van der Waals surface area (Å²) < 4.78 is 5.69. The van der Waals surface area contributed by atoms with Gasteiger partial charge in [0.15, 0.2) is 0 Å². The Morgan fingerprint density at radius 1 is 1.33 bits per heavy atom. The van der Waals surface area contributed by atoms with Gasteiger partial charge in [0.25, 0.3) is 0 Å². The average molecular weight is 241 g/mol. The van der Waals surface area contributed by atoms with E-state index in [1.165, 1.54) is 0 Å². The Morgan fingerprint density at radius 2 is 2.13 bits per heavy atom. The zero-order valence-electron chi connectivity index (χ0n) is 8.79. The van der Waals surface area contributed by atoms with Gasteiger partial charge in [-0.3, -0.25) is 0 Å². The van der Waals surface area contributed by atoms with Crippen molar-refractivity contribution in [3.05, 3.63) is 35.0 Å². The highest BCUT2D eigenvalue weighted by Crippen LogP contribution is 2.26. The summed E-state index contributed by atoms with van der Waals surface area (Å²) in [7, 11) is 0. The highest BCUT2D eigenvalue weighted by molar-refractivity contribution is 7.99. The summed E-state index contributed by atoms with van der Waals surface area (Å²) in [5.74, 6) is 1.94. The fourth-order valence-corrected chi connectivity index (χ4v) is 2.18. The smallest absolute Gasteiger partial charge is 0.135 e. The van der Waals surface area contributed by atoms with Crippen molar-refractivity contribution in [3.8, 4) is 0 Å². The first-order valence-electron chi connectivity index (χ1n) is 4.95. The topological polar surface area (TPSA) is 13.1 Å². The molecule has 2 aromatic rings. The second-order valence-electron chi connectivity index (χ2n) is 3.75. The Hall–Kier alpha value is -0.600. The first-order valence-corrected chi connectivity index (χ1v) is 6.37. The van der Waals surface area contributed by atoms with Crippen LogP contribution in [0.15, 0.2) is 28.7 Å². The predicted octanol–water partition coefficient (Wildman–Crippen LogP) is 4.73. The Balaban J connectivity index is 2.23. The summed E-state index contributed by atoms with van der Waals surface area (Å²) in [6.45, 7) is 4.37. The number of rotatable bonds is 3. The van der Waals surface area contributed by atoms with Crippen molar-refractivity contribution in [2.24, 2.45) is 0 Å². The third-order valence-corrected chi connectivity index (χ3v) is 3.45. The minimum Gasteiger partial charge on any atom is -0.460 e. The maximum absolute atomic E-state index is 5.89. The van der Waals surface area contributed by atoms with Crippen LogP contribution in [0.4, 0.5) is 0 Å². The molecule has 0 N–H and O–H groups in total. The highest BCUT2D eigenvalue weighted by Gasteiger charge is 2.05. The summed E-state index contributed by atoms with van der Waals surface area (Å²) in [5.41, 5.74) is 0.877. The lowest BCUT2D eigenvalue weighted by molar-refractivity contribution is 0.574. The van der Waals surface area contributed by atoms with E-state index in [1.807, 2.05) is 30.0 Å². The van der Waals surface area contributed by atoms with Crippen LogP contribution < -0.4 is 0 Å². The number of fused-ring (bicyclic) bond motifs is 1. The van der Waals surface area contributed by atoms with E-state index in [-0.39, 0.29) is 0 Å². The zero-order valence-corrected chi connectivity index (χ0v) is 10.4. The van der Waals surface area contributed by atoms with Gasteiger partial charge in [-0.1, -0.05) is 25.4 Å². The van der Waals surface area contributed by atoms with Gasteiger partial charge in [-0.25, -0.2) is 0 Å². The van der Waals surface area contributed by atoms with E-state index in [9.17, 15) is 0 Å². The van der Waals surface area contributed by atoms with Crippen LogP contribution in [0.3, 0.4) is 0 Å². The van der Waals surface area contributed by atoms with Gasteiger partial charge in [-0.05, 0) is 23.4 Å². The molecule has 1 aromatic heterocycles. The molecule has 0 unspecified atom stereocenters.